The summed E-state index contributed by atoms with van der Waals surface area (Å²) in [4.78, 5) is 13.5. The normalized spacial score (nSPS) is 24.3. The van der Waals surface area contributed by atoms with Gasteiger partial charge in [0, 0.05) is 13.2 Å². The molecule has 1 aliphatic rings. The Morgan fingerprint density at radius 3 is 3.00 bits per heavy atom. The average molecular weight is 186 g/mol. The zero-order valence-corrected chi connectivity index (χ0v) is 8.38. The van der Waals surface area contributed by atoms with Gasteiger partial charge in [-0.25, -0.2) is 0 Å². The lowest BCUT2D eigenvalue weighted by Crippen LogP contribution is -2.48. The second kappa shape index (κ2) is 5.19. The number of nitrogens with one attached hydrogen (secondary N) is 1. The van der Waals surface area contributed by atoms with E-state index >= 15 is 0 Å². The van der Waals surface area contributed by atoms with Gasteiger partial charge in [-0.1, -0.05) is 6.42 Å². The SMILES string of the molecule is CNCN1CCCC[C@@H]1C(=O)OC. The van der Waals surface area contributed by atoms with Crippen molar-refractivity contribution >= 4 is 5.97 Å². The molecule has 13 heavy (non-hydrogen) atoms. The molecule has 1 aliphatic heterocycles. The van der Waals surface area contributed by atoms with E-state index in [1.807, 2.05) is 7.05 Å². The third kappa shape index (κ3) is 2.67. The van der Waals surface area contributed by atoms with Gasteiger partial charge in [-0.05, 0) is 19.9 Å². The van der Waals surface area contributed by atoms with Crippen molar-refractivity contribution in [1.29, 1.82) is 0 Å². The third-order valence-corrected chi connectivity index (χ3v) is 2.45. The highest BCUT2D eigenvalue weighted by atomic mass is 16.5. The molecular weight excluding hydrogens is 168 g/mol. The van der Waals surface area contributed by atoms with Crippen molar-refractivity contribution in [3.8, 4) is 0 Å². The largest absolute Gasteiger partial charge is 0.468 e. The van der Waals surface area contributed by atoms with Crippen LogP contribution in [0.2, 0.25) is 0 Å². The van der Waals surface area contributed by atoms with E-state index in [1.54, 1.807) is 0 Å². The van der Waals surface area contributed by atoms with Crippen LogP contribution in [0.1, 0.15) is 19.3 Å². The predicted molar refractivity (Wildman–Crippen MR) is 50.3 cm³/mol. The molecule has 0 aromatic rings. The van der Waals surface area contributed by atoms with E-state index in [4.69, 9.17) is 4.74 Å². The quantitative estimate of drug-likeness (QED) is 0.639. The molecule has 0 aromatic heterocycles. The Bertz CT molecular complexity index is 171. The van der Waals surface area contributed by atoms with Crippen molar-refractivity contribution in [2.75, 3.05) is 27.4 Å². The summed E-state index contributed by atoms with van der Waals surface area (Å²) in [6, 6.07) is -0.0359. The molecule has 4 heteroatoms. The second-order valence-corrected chi connectivity index (χ2v) is 3.36. The predicted octanol–water partition coefficient (Wildman–Crippen LogP) is 0.191. The Morgan fingerprint density at radius 2 is 2.38 bits per heavy atom. The fraction of sp³-hybridized carbons (Fsp3) is 0.889. The second-order valence-electron chi connectivity index (χ2n) is 3.36. The van der Waals surface area contributed by atoms with Gasteiger partial charge in [0.15, 0.2) is 0 Å². The molecule has 1 N–H and O–H groups in total. The first kappa shape index (κ1) is 10.5. The summed E-state index contributed by atoms with van der Waals surface area (Å²) in [5.74, 6) is -0.102. The summed E-state index contributed by atoms with van der Waals surface area (Å²) in [5.41, 5.74) is 0. The van der Waals surface area contributed by atoms with Crippen molar-refractivity contribution in [2.45, 2.75) is 25.3 Å². The van der Waals surface area contributed by atoms with Gasteiger partial charge in [-0.15, -0.1) is 0 Å². The monoisotopic (exact) mass is 186 g/mol. The van der Waals surface area contributed by atoms with Gasteiger partial charge in [0.1, 0.15) is 6.04 Å². The number of likely N-dealkylation sites (tertiary alicyclic amines) is 1. The van der Waals surface area contributed by atoms with E-state index in [2.05, 4.69) is 10.2 Å². The van der Waals surface area contributed by atoms with E-state index in [0.717, 1.165) is 26.1 Å². The van der Waals surface area contributed by atoms with Crippen LogP contribution in [0, 0.1) is 0 Å². The smallest absolute Gasteiger partial charge is 0.323 e. The number of esters is 1. The molecular formula is C9H18N2O2. The zero-order chi connectivity index (χ0) is 9.68. The summed E-state index contributed by atoms with van der Waals surface area (Å²) in [6.07, 6.45) is 3.23. The maximum Gasteiger partial charge on any atom is 0.323 e. The molecule has 0 bridgehead atoms. The van der Waals surface area contributed by atoms with Gasteiger partial charge in [-0.2, -0.15) is 0 Å². The van der Waals surface area contributed by atoms with Crippen LogP contribution in [-0.4, -0.2) is 44.3 Å². The fourth-order valence-electron chi connectivity index (χ4n) is 1.79. The van der Waals surface area contributed by atoms with E-state index in [1.165, 1.54) is 13.5 Å². The minimum atomic E-state index is -0.102. The van der Waals surface area contributed by atoms with Crippen LogP contribution in [0.15, 0.2) is 0 Å². The van der Waals surface area contributed by atoms with Crippen LogP contribution < -0.4 is 5.32 Å². The van der Waals surface area contributed by atoms with Crippen LogP contribution in [0.25, 0.3) is 0 Å². The minimum Gasteiger partial charge on any atom is -0.468 e. The first-order chi connectivity index (χ1) is 6.29. The van der Waals surface area contributed by atoms with Gasteiger partial charge >= 0.3 is 5.97 Å². The topological polar surface area (TPSA) is 41.6 Å². The number of carbonyl (C=O) groups is 1. The molecule has 0 aliphatic carbocycles. The summed E-state index contributed by atoms with van der Waals surface area (Å²) >= 11 is 0. The molecule has 76 valence electrons. The summed E-state index contributed by atoms with van der Waals surface area (Å²) < 4.78 is 4.76. The zero-order valence-electron chi connectivity index (χ0n) is 8.38. The highest BCUT2D eigenvalue weighted by molar-refractivity contribution is 5.75. The van der Waals surface area contributed by atoms with Crippen molar-refractivity contribution in [1.82, 2.24) is 10.2 Å². The molecule has 1 saturated heterocycles. The van der Waals surface area contributed by atoms with Crippen LogP contribution in [0.5, 0.6) is 0 Å². The lowest BCUT2D eigenvalue weighted by molar-refractivity contribution is -0.148. The molecule has 1 heterocycles. The Morgan fingerprint density at radius 1 is 1.62 bits per heavy atom. The molecule has 1 rings (SSSR count). The first-order valence-corrected chi connectivity index (χ1v) is 4.76. The number of hydrogen-bond donors (Lipinski definition) is 1. The third-order valence-electron chi connectivity index (χ3n) is 2.45. The maximum absolute atomic E-state index is 11.4. The summed E-state index contributed by atoms with van der Waals surface area (Å²) in [7, 11) is 3.34. The molecule has 1 atom stereocenters. The van der Waals surface area contributed by atoms with Crippen molar-refractivity contribution < 1.29 is 9.53 Å². The maximum atomic E-state index is 11.4. The number of hydrogen-bond acceptors (Lipinski definition) is 4. The Hall–Kier alpha value is -0.610. The highest BCUT2D eigenvalue weighted by Crippen LogP contribution is 2.16. The molecule has 0 radical (unpaired) electrons. The van der Waals surface area contributed by atoms with Crippen molar-refractivity contribution in [2.24, 2.45) is 0 Å². The highest BCUT2D eigenvalue weighted by Gasteiger charge is 2.28. The summed E-state index contributed by atoms with van der Waals surface area (Å²) in [5, 5.41) is 3.06. The molecule has 0 aromatic carbocycles. The van der Waals surface area contributed by atoms with Crippen LogP contribution >= 0.6 is 0 Å². The fourth-order valence-corrected chi connectivity index (χ4v) is 1.79. The van der Waals surface area contributed by atoms with Crippen LogP contribution in [-0.2, 0) is 9.53 Å². The van der Waals surface area contributed by atoms with Crippen molar-refractivity contribution in [3.05, 3.63) is 0 Å². The Kier molecular flexibility index (Phi) is 4.18. The van der Waals surface area contributed by atoms with Gasteiger partial charge in [0.25, 0.3) is 0 Å². The molecule has 4 nitrogen and oxygen atoms in total. The molecule has 0 spiro atoms. The van der Waals surface area contributed by atoms with E-state index in [0.29, 0.717) is 0 Å². The number of nitrogens with zero attached hydrogens (tertiary/aromatic N) is 1. The number of carbonyl (C=O) groups excluding carboxylic acids is 1. The van der Waals surface area contributed by atoms with Gasteiger partial charge in [0.2, 0.25) is 0 Å². The lowest BCUT2D eigenvalue weighted by atomic mass is 10.0. The Labute approximate surface area is 79.2 Å². The van der Waals surface area contributed by atoms with Crippen LogP contribution in [0.3, 0.4) is 0 Å². The standard InChI is InChI=1S/C9H18N2O2/c1-10-7-11-6-4-3-5-8(11)9(12)13-2/h8,10H,3-7H2,1-2H3/t8-/m1/s1. The van der Waals surface area contributed by atoms with Gasteiger partial charge in [-0.3, -0.25) is 9.69 Å². The van der Waals surface area contributed by atoms with E-state index < -0.39 is 0 Å². The molecule has 1 fully saturated rings. The number of methoxy groups -OCH3 is 1. The van der Waals surface area contributed by atoms with E-state index in [9.17, 15) is 4.79 Å². The number of rotatable bonds is 3. The molecule has 0 saturated carbocycles. The number of piperidine rings is 1. The molecule has 0 unspecified atom stereocenters. The first-order valence-electron chi connectivity index (χ1n) is 4.76. The lowest BCUT2D eigenvalue weighted by Gasteiger charge is -2.33. The van der Waals surface area contributed by atoms with Gasteiger partial charge in [0.05, 0.1) is 7.11 Å². The van der Waals surface area contributed by atoms with Crippen molar-refractivity contribution in [3.63, 3.8) is 0 Å². The van der Waals surface area contributed by atoms with Crippen LogP contribution in [0.4, 0.5) is 0 Å². The van der Waals surface area contributed by atoms with E-state index in [-0.39, 0.29) is 12.0 Å². The number of ether oxygens (including phenoxy) is 1. The minimum absolute atomic E-state index is 0.0359. The average Bonchev–Trinajstić information content (AvgIpc) is 2.18. The Balaban J connectivity index is 2.50. The summed E-state index contributed by atoms with van der Waals surface area (Å²) in [6.45, 7) is 1.75. The molecule has 0 amide bonds. The van der Waals surface area contributed by atoms with Gasteiger partial charge < -0.3 is 10.1 Å².